The van der Waals surface area contributed by atoms with Crippen molar-refractivity contribution in [2.24, 2.45) is 0 Å². The smallest absolute Gasteiger partial charge is 0.319 e. The summed E-state index contributed by atoms with van der Waals surface area (Å²) in [6.45, 7) is 3.05. The van der Waals surface area contributed by atoms with Gasteiger partial charge in [0, 0.05) is 17.8 Å². The third kappa shape index (κ3) is 5.54. The summed E-state index contributed by atoms with van der Waals surface area (Å²) in [5.74, 6) is 0.650. The number of ether oxygens (including phenoxy) is 1. The van der Waals surface area contributed by atoms with Crippen molar-refractivity contribution in [1.29, 1.82) is 0 Å². The second kappa shape index (κ2) is 9.81. The van der Waals surface area contributed by atoms with Gasteiger partial charge in [-0.05, 0) is 67.4 Å². The van der Waals surface area contributed by atoms with E-state index in [2.05, 4.69) is 29.7 Å². The van der Waals surface area contributed by atoms with E-state index in [-0.39, 0.29) is 6.03 Å². The SMILES string of the molecule is Cc1ccc2nc(-c3ccc(NC(=O)NCCCOc4ccccc4Cl)cc3)sc2c1. The largest absolute Gasteiger partial charge is 0.492 e. The number of nitrogens with one attached hydrogen (secondary N) is 2. The number of aryl methyl sites for hydroxylation is 1. The van der Waals surface area contributed by atoms with E-state index in [1.54, 1.807) is 17.4 Å². The van der Waals surface area contributed by atoms with Gasteiger partial charge in [0.2, 0.25) is 0 Å². The number of hydrogen-bond acceptors (Lipinski definition) is 4. The Bertz CT molecular complexity index is 1190. The summed E-state index contributed by atoms with van der Waals surface area (Å²) >= 11 is 7.71. The van der Waals surface area contributed by atoms with Crippen LogP contribution in [0.15, 0.2) is 66.7 Å². The quantitative estimate of drug-likeness (QED) is 0.314. The maximum atomic E-state index is 12.1. The van der Waals surface area contributed by atoms with Crippen molar-refractivity contribution in [2.75, 3.05) is 18.5 Å². The molecule has 158 valence electrons. The van der Waals surface area contributed by atoms with Gasteiger partial charge in [0.05, 0.1) is 21.8 Å². The molecule has 1 aromatic heterocycles. The fraction of sp³-hybridized carbons (Fsp3) is 0.167. The summed E-state index contributed by atoms with van der Waals surface area (Å²) in [5.41, 5.74) is 3.99. The number of anilines is 1. The molecule has 0 aliphatic rings. The van der Waals surface area contributed by atoms with Gasteiger partial charge in [0.15, 0.2) is 0 Å². The Hall–Kier alpha value is -3.09. The number of nitrogens with zero attached hydrogens (tertiary/aromatic N) is 1. The van der Waals surface area contributed by atoms with E-state index in [9.17, 15) is 4.79 Å². The zero-order chi connectivity index (χ0) is 21.6. The molecule has 0 atom stereocenters. The molecule has 0 radical (unpaired) electrons. The van der Waals surface area contributed by atoms with Gasteiger partial charge in [-0.15, -0.1) is 11.3 Å². The predicted molar refractivity (Wildman–Crippen MR) is 128 cm³/mol. The van der Waals surface area contributed by atoms with Crippen LogP contribution in [-0.2, 0) is 0 Å². The molecule has 4 aromatic rings. The molecule has 1 heterocycles. The zero-order valence-corrected chi connectivity index (χ0v) is 18.6. The Balaban J connectivity index is 1.24. The Morgan fingerprint density at radius 3 is 2.71 bits per heavy atom. The lowest BCUT2D eigenvalue weighted by molar-refractivity contribution is 0.250. The third-order valence-electron chi connectivity index (χ3n) is 4.63. The number of fused-ring (bicyclic) bond motifs is 1. The van der Waals surface area contributed by atoms with Crippen molar-refractivity contribution < 1.29 is 9.53 Å². The lowest BCUT2D eigenvalue weighted by Gasteiger charge is -2.09. The highest BCUT2D eigenvalue weighted by atomic mass is 35.5. The number of rotatable bonds is 7. The summed E-state index contributed by atoms with van der Waals surface area (Å²) < 4.78 is 6.79. The fourth-order valence-electron chi connectivity index (χ4n) is 3.04. The molecule has 4 rings (SSSR count). The van der Waals surface area contributed by atoms with Gasteiger partial charge >= 0.3 is 6.03 Å². The van der Waals surface area contributed by atoms with Crippen LogP contribution in [0.25, 0.3) is 20.8 Å². The number of amides is 2. The second-order valence-corrected chi connectivity index (χ2v) is 8.52. The molecule has 2 amide bonds. The minimum Gasteiger partial charge on any atom is -0.492 e. The van der Waals surface area contributed by atoms with E-state index in [0.717, 1.165) is 21.8 Å². The molecule has 0 saturated heterocycles. The highest BCUT2D eigenvalue weighted by Crippen LogP contribution is 2.31. The maximum absolute atomic E-state index is 12.1. The van der Waals surface area contributed by atoms with Crippen molar-refractivity contribution >= 4 is 44.9 Å². The van der Waals surface area contributed by atoms with E-state index >= 15 is 0 Å². The highest BCUT2D eigenvalue weighted by Gasteiger charge is 2.07. The molecule has 0 spiro atoms. The van der Waals surface area contributed by atoms with E-state index in [0.29, 0.717) is 30.3 Å². The van der Waals surface area contributed by atoms with Crippen LogP contribution in [0, 0.1) is 6.92 Å². The lowest BCUT2D eigenvalue weighted by Crippen LogP contribution is -2.30. The normalized spacial score (nSPS) is 10.8. The van der Waals surface area contributed by atoms with E-state index in [4.69, 9.17) is 21.3 Å². The standard InChI is InChI=1S/C24H22ClN3O2S/c1-16-7-12-20-22(15-16)31-23(28-20)17-8-10-18(11-9-17)27-24(29)26-13-4-14-30-21-6-3-2-5-19(21)25/h2-3,5-12,15H,4,13-14H2,1H3,(H2,26,27,29). The zero-order valence-electron chi connectivity index (χ0n) is 17.0. The van der Waals surface area contributed by atoms with Gasteiger partial charge < -0.3 is 15.4 Å². The fourth-order valence-corrected chi connectivity index (χ4v) is 4.30. The van der Waals surface area contributed by atoms with Gasteiger partial charge in [-0.2, -0.15) is 0 Å². The molecule has 7 heteroatoms. The highest BCUT2D eigenvalue weighted by molar-refractivity contribution is 7.21. The average molecular weight is 452 g/mol. The van der Waals surface area contributed by atoms with Crippen LogP contribution in [-0.4, -0.2) is 24.2 Å². The number of carbonyl (C=O) groups excluding carboxylic acids is 1. The average Bonchev–Trinajstić information content (AvgIpc) is 3.18. The van der Waals surface area contributed by atoms with Crippen molar-refractivity contribution in [3.8, 4) is 16.3 Å². The van der Waals surface area contributed by atoms with E-state index < -0.39 is 0 Å². The molecule has 31 heavy (non-hydrogen) atoms. The molecule has 0 aliphatic carbocycles. The predicted octanol–water partition coefficient (Wildman–Crippen LogP) is 6.52. The first-order valence-corrected chi connectivity index (χ1v) is 11.2. The molecule has 0 fully saturated rings. The first-order valence-electron chi connectivity index (χ1n) is 9.98. The topological polar surface area (TPSA) is 63.2 Å². The van der Waals surface area contributed by atoms with Crippen molar-refractivity contribution in [2.45, 2.75) is 13.3 Å². The first kappa shape index (κ1) is 21.2. The van der Waals surface area contributed by atoms with Gasteiger partial charge in [-0.25, -0.2) is 9.78 Å². The number of hydrogen-bond donors (Lipinski definition) is 2. The number of carbonyl (C=O) groups is 1. The molecule has 5 nitrogen and oxygen atoms in total. The van der Waals surface area contributed by atoms with Crippen molar-refractivity contribution in [3.63, 3.8) is 0 Å². The molecular formula is C24H22ClN3O2S. The van der Waals surface area contributed by atoms with Gasteiger partial charge in [-0.3, -0.25) is 0 Å². The molecular weight excluding hydrogens is 430 g/mol. The minimum atomic E-state index is -0.249. The third-order valence-corrected chi connectivity index (χ3v) is 6.01. The van der Waals surface area contributed by atoms with Gasteiger partial charge in [0.1, 0.15) is 10.8 Å². The van der Waals surface area contributed by atoms with E-state index in [1.807, 2.05) is 48.5 Å². The number of aromatic nitrogens is 1. The first-order chi connectivity index (χ1) is 15.1. The van der Waals surface area contributed by atoms with Crippen molar-refractivity contribution in [1.82, 2.24) is 10.3 Å². The number of para-hydroxylation sites is 1. The van der Waals surface area contributed by atoms with Crippen LogP contribution in [0.4, 0.5) is 10.5 Å². The number of benzene rings is 3. The van der Waals surface area contributed by atoms with Crippen LogP contribution in [0.1, 0.15) is 12.0 Å². The maximum Gasteiger partial charge on any atom is 0.319 e. The Labute approximate surface area is 190 Å². The Morgan fingerprint density at radius 1 is 1.10 bits per heavy atom. The van der Waals surface area contributed by atoms with Crippen LogP contribution in [0.3, 0.4) is 0 Å². The molecule has 0 aliphatic heterocycles. The molecule has 0 saturated carbocycles. The van der Waals surface area contributed by atoms with Crippen LogP contribution in [0.5, 0.6) is 5.75 Å². The summed E-state index contributed by atoms with van der Waals surface area (Å²) in [6, 6.07) is 21.0. The monoisotopic (exact) mass is 451 g/mol. The van der Waals surface area contributed by atoms with Crippen molar-refractivity contribution in [3.05, 3.63) is 77.3 Å². The summed E-state index contributed by atoms with van der Waals surface area (Å²) in [5, 5.41) is 7.22. The lowest BCUT2D eigenvalue weighted by atomic mass is 10.2. The molecule has 2 N–H and O–H groups in total. The summed E-state index contributed by atoms with van der Waals surface area (Å²) in [6.07, 6.45) is 0.675. The van der Waals surface area contributed by atoms with Gasteiger partial charge in [-0.1, -0.05) is 29.8 Å². The number of halogens is 1. The molecule has 0 bridgehead atoms. The summed E-state index contributed by atoms with van der Waals surface area (Å²) in [4.78, 5) is 16.8. The minimum absolute atomic E-state index is 0.249. The molecule has 3 aromatic carbocycles. The second-order valence-electron chi connectivity index (χ2n) is 7.08. The van der Waals surface area contributed by atoms with Crippen LogP contribution in [0.2, 0.25) is 5.02 Å². The number of thiazole rings is 1. The van der Waals surface area contributed by atoms with Crippen LogP contribution < -0.4 is 15.4 Å². The Kier molecular flexibility index (Phi) is 6.70. The van der Waals surface area contributed by atoms with Gasteiger partial charge in [0.25, 0.3) is 0 Å². The Morgan fingerprint density at radius 2 is 1.90 bits per heavy atom. The molecule has 0 unspecified atom stereocenters. The van der Waals surface area contributed by atoms with Crippen LogP contribution >= 0.6 is 22.9 Å². The van der Waals surface area contributed by atoms with E-state index in [1.165, 1.54) is 10.3 Å². The number of urea groups is 1. The summed E-state index contributed by atoms with van der Waals surface area (Å²) in [7, 11) is 0.